The first-order valence-electron chi connectivity index (χ1n) is 0.945. The van der Waals surface area contributed by atoms with Crippen LogP contribution in [0.4, 0.5) is 0 Å². The van der Waals surface area contributed by atoms with Gasteiger partial charge in [-0.05, 0) is 0 Å². The number of nitrogens with zero attached hydrogens (tertiary/aromatic N) is 2. The molecule has 0 aliphatic rings. The number of rotatable bonds is 0. The molecule has 30 valence electrons. The van der Waals surface area contributed by atoms with Crippen LogP contribution in [0.2, 0.25) is 0 Å². The van der Waals surface area contributed by atoms with Crippen LogP contribution in [0.3, 0.4) is 0 Å². The quantitative estimate of drug-likeness (QED) is 0.325. The Balaban J connectivity index is 3.60. The van der Waals surface area contributed by atoms with E-state index in [1.54, 1.807) is 6.26 Å². The van der Waals surface area contributed by atoms with Crippen LogP contribution in [0.15, 0.2) is 0 Å². The predicted octanol–water partition coefficient (Wildman–Crippen LogP) is 0.661. The van der Waals surface area contributed by atoms with Gasteiger partial charge in [0, 0.05) is 10.7 Å². The summed E-state index contributed by atoms with van der Waals surface area (Å²) < 4.78 is 2.68. The molecule has 0 aliphatic carbocycles. The molecule has 0 aromatic rings. The van der Waals surface area contributed by atoms with Gasteiger partial charge in [0.15, 0.2) is 0 Å². The molecule has 0 N–H and O–H groups in total. The van der Waals surface area contributed by atoms with Crippen LogP contribution in [0.1, 0.15) is 0 Å². The van der Waals surface area contributed by atoms with Crippen molar-refractivity contribution < 1.29 is 0 Å². The Labute approximate surface area is 37.3 Å². The third kappa shape index (κ3) is 4.15. The standard InChI is InChI=1S/CH3ClN2S/c1-5(2)4-3/h1H3. The molecule has 1 atom stereocenters. The summed E-state index contributed by atoms with van der Waals surface area (Å²) in [4.78, 5) is 0. The molecule has 0 bridgehead atoms. The molecule has 0 rings (SSSR count). The van der Waals surface area contributed by atoms with Gasteiger partial charge in [0.05, 0.1) is 6.26 Å². The summed E-state index contributed by atoms with van der Waals surface area (Å²) in [6.45, 7) is 0. The van der Waals surface area contributed by atoms with E-state index in [2.05, 4.69) is 4.16 Å². The first-order valence-corrected chi connectivity index (χ1v) is 3.36. The molecule has 4 heteroatoms. The first-order chi connectivity index (χ1) is 2.27. The maximum atomic E-state index is 7.65. The fourth-order valence-electron chi connectivity index (χ4n) is 0. The monoisotopic (exact) mass is 110 g/mol. The van der Waals surface area contributed by atoms with E-state index in [1.165, 1.54) is 0 Å². The van der Waals surface area contributed by atoms with Gasteiger partial charge in [-0.1, -0.05) is 0 Å². The van der Waals surface area contributed by atoms with Crippen molar-refractivity contribution in [2.24, 2.45) is 0 Å². The van der Waals surface area contributed by atoms with Gasteiger partial charge in [0.1, 0.15) is 0 Å². The highest BCUT2D eigenvalue weighted by molar-refractivity contribution is 8.09. The zero-order valence-electron chi connectivity index (χ0n) is 2.68. The molecule has 0 heterocycles. The third-order valence-corrected chi connectivity index (χ3v) is 0.523. The number of hydrogen-bond acceptors (Lipinski definition) is 0. The first kappa shape index (κ1) is 5.15. The second-order valence-electron chi connectivity index (χ2n) is 0.488. The maximum Gasteiger partial charge on any atom is 0.251 e. The molecule has 1 unspecified atom stereocenters. The van der Waals surface area contributed by atoms with Gasteiger partial charge in [-0.25, -0.2) is 0 Å². The van der Waals surface area contributed by atoms with E-state index in [0.717, 1.165) is 0 Å². The van der Waals surface area contributed by atoms with Gasteiger partial charge in [-0.3, -0.25) is 0 Å². The zero-order chi connectivity index (χ0) is 4.28. The van der Waals surface area contributed by atoms with Crippen LogP contribution in [0.25, 0.3) is 5.53 Å². The minimum absolute atomic E-state index is 0.670. The lowest BCUT2D eigenvalue weighted by Gasteiger charge is -1.53. The highest BCUT2D eigenvalue weighted by Gasteiger charge is 1.74. The van der Waals surface area contributed by atoms with E-state index in [-0.39, 0.29) is 0 Å². The van der Waals surface area contributed by atoms with Gasteiger partial charge >= 0.3 is 0 Å². The molecule has 0 spiro atoms. The fraction of sp³-hybridized carbons (Fsp3) is 1.00. The molecule has 0 aromatic carbocycles. The topological polar surface area (TPSA) is 36.4 Å². The molecule has 0 aromatic heterocycles. The van der Waals surface area contributed by atoms with E-state index in [1.807, 2.05) is 0 Å². The lowest BCUT2D eigenvalue weighted by Crippen LogP contribution is -1.66. The Morgan fingerprint density at radius 3 is 2.20 bits per heavy atom. The van der Waals surface area contributed by atoms with Gasteiger partial charge in [-0.15, -0.1) is 4.16 Å². The van der Waals surface area contributed by atoms with E-state index in [9.17, 15) is 0 Å². The second kappa shape index (κ2) is 2.39. The second-order valence-corrected chi connectivity index (χ2v) is 2.80. The average molecular weight is 111 g/mol. The molecule has 0 fully saturated rings. The smallest absolute Gasteiger partial charge is 0.251 e. The van der Waals surface area contributed by atoms with Crippen LogP contribution in [0.5, 0.6) is 0 Å². The number of hydrogen-bond donors (Lipinski definition) is 0. The van der Waals surface area contributed by atoms with Gasteiger partial charge in [0.2, 0.25) is 0 Å². The molecule has 0 aliphatic heterocycles. The van der Waals surface area contributed by atoms with Crippen LogP contribution >= 0.6 is 10.7 Å². The Bertz CT molecular complexity index is 69.7. The number of halogens is 1. The summed E-state index contributed by atoms with van der Waals surface area (Å²) in [5.74, 6) is 0. The van der Waals surface area contributed by atoms with Crippen LogP contribution in [0, 0.1) is 0 Å². The van der Waals surface area contributed by atoms with Crippen LogP contribution in [-0.4, -0.2) is 6.26 Å². The minimum atomic E-state index is -0.670. The maximum absolute atomic E-state index is 7.65. The predicted molar refractivity (Wildman–Crippen MR) is 24.6 cm³/mol. The van der Waals surface area contributed by atoms with E-state index in [0.29, 0.717) is 0 Å². The normalized spacial score (nSPS) is 13.2. The van der Waals surface area contributed by atoms with Gasteiger partial charge < -0.3 is 5.53 Å². The average Bonchev–Trinajstić information content (AvgIpc) is 1.38. The van der Waals surface area contributed by atoms with Gasteiger partial charge in [-0.2, -0.15) is 0 Å². The molecule has 0 saturated heterocycles. The summed E-state index contributed by atoms with van der Waals surface area (Å²) >= 11 is 0. The summed E-state index contributed by atoms with van der Waals surface area (Å²) in [5.41, 5.74) is 7.65. The van der Waals surface area contributed by atoms with Crippen molar-refractivity contribution >= 4 is 20.6 Å². The molecule has 2 nitrogen and oxygen atoms in total. The Morgan fingerprint density at radius 1 is 2.00 bits per heavy atom. The largest absolute Gasteiger partial charge is 0.350 e. The minimum Gasteiger partial charge on any atom is -0.350 e. The highest BCUT2D eigenvalue weighted by atomic mass is 35.7. The van der Waals surface area contributed by atoms with Crippen molar-refractivity contribution in [3.63, 3.8) is 0 Å². The van der Waals surface area contributed by atoms with E-state index < -0.39 is 9.90 Å². The Hall–Kier alpha value is 0.150. The summed E-state index contributed by atoms with van der Waals surface area (Å²) in [5, 5.41) is 0. The molecule has 0 amide bonds. The zero-order valence-corrected chi connectivity index (χ0v) is 4.25. The van der Waals surface area contributed by atoms with Crippen molar-refractivity contribution in [2.75, 3.05) is 6.26 Å². The third-order valence-electron chi connectivity index (χ3n) is 0.113. The molecule has 0 saturated carbocycles. The Morgan fingerprint density at radius 2 is 2.20 bits per heavy atom. The lowest BCUT2D eigenvalue weighted by atomic mass is 12.0. The molecule has 0 radical (unpaired) electrons. The van der Waals surface area contributed by atoms with Crippen LogP contribution in [-0.2, 0) is 9.90 Å². The van der Waals surface area contributed by atoms with Gasteiger partial charge in [0.25, 0.3) is 9.90 Å². The SMILES string of the molecule is CS(Cl)=[N+]=[N-]. The van der Waals surface area contributed by atoms with Crippen molar-refractivity contribution in [3.8, 4) is 0 Å². The van der Waals surface area contributed by atoms with E-state index in [4.69, 9.17) is 16.2 Å². The van der Waals surface area contributed by atoms with Crippen molar-refractivity contribution in [2.45, 2.75) is 0 Å². The van der Waals surface area contributed by atoms with Crippen LogP contribution < -0.4 is 4.16 Å². The Kier molecular flexibility index (Phi) is 2.46. The highest BCUT2D eigenvalue weighted by Crippen LogP contribution is 1.74. The summed E-state index contributed by atoms with van der Waals surface area (Å²) in [6.07, 6.45) is 1.60. The van der Waals surface area contributed by atoms with Crippen molar-refractivity contribution in [1.29, 1.82) is 0 Å². The van der Waals surface area contributed by atoms with Crippen molar-refractivity contribution in [3.05, 3.63) is 5.53 Å². The lowest BCUT2D eigenvalue weighted by molar-refractivity contribution is 1.72. The summed E-state index contributed by atoms with van der Waals surface area (Å²) in [7, 11) is 4.40. The van der Waals surface area contributed by atoms with Crippen molar-refractivity contribution in [1.82, 2.24) is 4.16 Å². The molecular weight excluding hydrogens is 108 g/mol. The molecule has 5 heavy (non-hydrogen) atoms. The summed E-state index contributed by atoms with van der Waals surface area (Å²) in [6, 6.07) is 0. The van der Waals surface area contributed by atoms with E-state index >= 15 is 0 Å². The fourth-order valence-corrected chi connectivity index (χ4v) is 0. The molecular formula is CH3ClN2S.